The number of hydrogen-bond donors (Lipinski definition) is 3. The van der Waals surface area contributed by atoms with Crippen molar-refractivity contribution in [1.29, 1.82) is 0 Å². The first-order chi connectivity index (χ1) is 10.5. The topological polar surface area (TPSA) is 95.5 Å². The molecular weight excluding hydrogens is 284 g/mol. The minimum atomic E-state index is -0.880. The van der Waals surface area contributed by atoms with Gasteiger partial charge in [0.15, 0.2) is 0 Å². The van der Waals surface area contributed by atoms with Crippen LogP contribution in [0.4, 0.5) is 0 Å². The molecule has 6 heteroatoms. The summed E-state index contributed by atoms with van der Waals surface area (Å²) in [6.07, 6.45) is 2.64. The van der Waals surface area contributed by atoms with Gasteiger partial charge < -0.3 is 5.11 Å². The van der Waals surface area contributed by atoms with Gasteiger partial charge in [-0.15, -0.1) is 0 Å². The highest BCUT2D eigenvalue weighted by Gasteiger charge is 2.18. The molecule has 0 bridgehead atoms. The van der Waals surface area contributed by atoms with Crippen LogP contribution in [0.1, 0.15) is 49.4 Å². The van der Waals surface area contributed by atoms with Crippen LogP contribution in [0.2, 0.25) is 0 Å². The van der Waals surface area contributed by atoms with E-state index in [1.165, 1.54) is 0 Å². The van der Waals surface area contributed by atoms with Crippen LogP contribution in [0.3, 0.4) is 0 Å². The van der Waals surface area contributed by atoms with Crippen LogP contribution in [0.25, 0.3) is 0 Å². The lowest BCUT2D eigenvalue weighted by Gasteiger charge is -2.12. The largest absolute Gasteiger partial charge is 0.481 e. The molecule has 2 amide bonds. The van der Waals surface area contributed by atoms with Crippen molar-refractivity contribution in [2.45, 2.75) is 39.0 Å². The Morgan fingerprint density at radius 2 is 1.77 bits per heavy atom. The minimum Gasteiger partial charge on any atom is -0.481 e. The third-order valence-electron chi connectivity index (χ3n) is 3.33. The van der Waals surface area contributed by atoms with Crippen LogP contribution in [0.5, 0.6) is 0 Å². The number of carboxylic acids is 1. The predicted molar refractivity (Wildman–Crippen MR) is 81.9 cm³/mol. The highest BCUT2D eigenvalue weighted by atomic mass is 16.4. The standard InChI is InChI=1S/C16H22N2O4/c1-2-3-7-13(16(21)22)10-11-14(19)17-18-15(20)12-8-5-4-6-9-12/h4-6,8-9,13H,2-3,7,10-11H2,1H3,(H,17,19)(H,18,20)(H,21,22)/t13-/m0/s1. The van der Waals surface area contributed by atoms with Gasteiger partial charge in [-0.25, -0.2) is 0 Å². The van der Waals surface area contributed by atoms with Gasteiger partial charge in [-0.3, -0.25) is 25.2 Å². The maximum atomic E-state index is 11.7. The van der Waals surface area contributed by atoms with Crippen LogP contribution in [0.15, 0.2) is 30.3 Å². The number of amides is 2. The van der Waals surface area contributed by atoms with Crippen molar-refractivity contribution in [2.75, 3.05) is 0 Å². The lowest BCUT2D eigenvalue weighted by atomic mass is 9.97. The first-order valence-electron chi connectivity index (χ1n) is 7.41. The normalized spacial score (nSPS) is 11.5. The van der Waals surface area contributed by atoms with Crippen LogP contribution < -0.4 is 10.9 Å². The van der Waals surface area contributed by atoms with Crippen molar-refractivity contribution in [3.63, 3.8) is 0 Å². The van der Waals surface area contributed by atoms with Gasteiger partial charge in [0.25, 0.3) is 5.91 Å². The lowest BCUT2D eigenvalue weighted by Crippen LogP contribution is -2.41. The minimum absolute atomic E-state index is 0.0652. The number of hydrazine groups is 1. The summed E-state index contributed by atoms with van der Waals surface area (Å²) in [4.78, 5) is 34.4. The van der Waals surface area contributed by atoms with Crippen molar-refractivity contribution in [2.24, 2.45) is 5.92 Å². The van der Waals surface area contributed by atoms with E-state index in [9.17, 15) is 14.4 Å². The van der Waals surface area contributed by atoms with Gasteiger partial charge >= 0.3 is 5.97 Å². The average Bonchev–Trinajstić information content (AvgIpc) is 2.53. The molecule has 1 aromatic rings. The third kappa shape index (κ3) is 6.39. The van der Waals surface area contributed by atoms with Crippen molar-refractivity contribution >= 4 is 17.8 Å². The van der Waals surface area contributed by atoms with Crippen LogP contribution in [-0.4, -0.2) is 22.9 Å². The van der Waals surface area contributed by atoms with Crippen molar-refractivity contribution < 1.29 is 19.5 Å². The molecule has 0 radical (unpaired) electrons. The first kappa shape index (κ1) is 17.7. The molecule has 120 valence electrons. The molecule has 0 saturated heterocycles. The molecule has 3 N–H and O–H groups in total. The number of carbonyl (C=O) groups is 3. The average molecular weight is 306 g/mol. The molecule has 0 aliphatic carbocycles. The van der Waals surface area contributed by atoms with E-state index < -0.39 is 23.7 Å². The predicted octanol–water partition coefficient (Wildman–Crippen LogP) is 2.12. The molecule has 0 aliphatic heterocycles. The number of unbranched alkanes of at least 4 members (excludes halogenated alkanes) is 1. The quantitative estimate of drug-likeness (QED) is 0.641. The Kier molecular flexibility index (Phi) is 7.67. The number of carbonyl (C=O) groups excluding carboxylic acids is 2. The zero-order valence-electron chi connectivity index (χ0n) is 12.7. The van der Waals surface area contributed by atoms with E-state index in [1.54, 1.807) is 30.3 Å². The third-order valence-corrected chi connectivity index (χ3v) is 3.33. The smallest absolute Gasteiger partial charge is 0.306 e. The SMILES string of the molecule is CCCC[C@@H](CCC(=O)NNC(=O)c1ccccc1)C(=O)O. The van der Waals surface area contributed by atoms with Crippen LogP contribution in [-0.2, 0) is 9.59 Å². The van der Waals surface area contributed by atoms with Gasteiger partial charge in [-0.2, -0.15) is 0 Å². The van der Waals surface area contributed by atoms with Gasteiger partial charge in [0.1, 0.15) is 0 Å². The molecule has 0 aromatic heterocycles. The molecule has 22 heavy (non-hydrogen) atoms. The maximum absolute atomic E-state index is 11.7. The second kappa shape index (κ2) is 9.55. The first-order valence-corrected chi connectivity index (χ1v) is 7.41. The summed E-state index contributed by atoms with van der Waals surface area (Å²) in [6.45, 7) is 1.99. The van der Waals surface area contributed by atoms with Gasteiger partial charge in [-0.05, 0) is 25.0 Å². The highest BCUT2D eigenvalue weighted by Crippen LogP contribution is 2.15. The fourth-order valence-corrected chi connectivity index (χ4v) is 2.00. The summed E-state index contributed by atoms with van der Waals surface area (Å²) in [7, 11) is 0. The Hall–Kier alpha value is -2.37. The van der Waals surface area contributed by atoms with E-state index in [1.807, 2.05) is 6.92 Å². The van der Waals surface area contributed by atoms with E-state index in [-0.39, 0.29) is 12.8 Å². The zero-order chi connectivity index (χ0) is 16.4. The number of rotatable bonds is 8. The van der Waals surface area contributed by atoms with Gasteiger partial charge in [0.2, 0.25) is 5.91 Å². The lowest BCUT2D eigenvalue weighted by molar-refractivity contribution is -0.142. The zero-order valence-corrected chi connectivity index (χ0v) is 12.7. The molecule has 0 spiro atoms. The fourth-order valence-electron chi connectivity index (χ4n) is 2.00. The molecule has 1 aromatic carbocycles. The Morgan fingerprint density at radius 3 is 2.36 bits per heavy atom. The van der Waals surface area contributed by atoms with Crippen LogP contribution >= 0.6 is 0 Å². The van der Waals surface area contributed by atoms with Crippen molar-refractivity contribution in [3.8, 4) is 0 Å². The van der Waals surface area contributed by atoms with E-state index in [0.717, 1.165) is 12.8 Å². The molecule has 0 fully saturated rings. The molecule has 0 unspecified atom stereocenters. The van der Waals surface area contributed by atoms with E-state index in [0.29, 0.717) is 12.0 Å². The monoisotopic (exact) mass is 306 g/mol. The summed E-state index contributed by atoms with van der Waals surface area (Å²) < 4.78 is 0. The summed E-state index contributed by atoms with van der Waals surface area (Å²) in [5.41, 5.74) is 5.05. The second-order valence-electron chi connectivity index (χ2n) is 5.08. The van der Waals surface area contributed by atoms with Crippen LogP contribution in [0, 0.1) is 5.92 Å². The summed E-state index contributed by atoms with van der Waals surface area (Å²) in [6, 6.07) is 8.50. The summed E-state index contributed by atoms with van der Waals surface area (Å²) in [5, 5.41) is 9.08. The number of nitrogens with one attached hydrogen (secondary N) is 2. The number of aliphatic carboxylic acids is 1. The highest BCUT2D eigenvalue weighted by molar-refractivity contribution is 5.95. The molecule has 0 saturated carbocycles. The number of benzene rings is 1. The van der Waals surface area contributed by atoms with Gasteiger partial charge in [0, 0.05) is 12.0 Å². The number of carboxylic acid groups (broad SMARTS) is 1. The van der Waals surface area contributed by atoms with Crippen molar-refractivity contribution in [3.05, 3.63) is 35.9 Å². The molecule has 1 rings (SSSR count). The molecular formula is C16H22N2O4. The molecule has 6 nitrogen and oxygen atoms in total. The van der Waals surface area contributed by atoms with E-state index in [4.69, 9.17) is 5.11 Å². The Balaban J connectivity index is 2.33. The second-order valence-corrected chi connectivity index (χ2v) is 5.08. The molecule has 0 heterocycles. The number of hydrogen-bond acceptors (Lipinski definition) is 3. The van der Waals surface area contributed by atoms with E-state index >= 15 is 0 Å². The Morgan fingerprint density at radius 1 is 1.09 bits per heavy atom. The van der Waals surface area contributed by atoms with Crippen molar-refractivity contribution in [1.82, 2.24) is 10.9 Å². The van der Waals surface area contributed by atoms with E-state index in [2.05, 4.69) is 10.9 Å². The summed E-state index contributed by atoms with van der Waals surface area (Å²) >= 11 is 0. The molecule has 1 atom stereocenters. The Labute approximate surface area is 129 Å². The van der Waals surface area contributed by atoms with Gasteiger partial charge in [0.05, 0.1) is 5.92 Å². The van der Waals surface area contributed by atoms with Gasteiger partial charge in [-0.1, -0.05) is 38.0 Å². The molecule has 0 aliphatic rings. The summed E-state index contributed by atoms with van der Waals surface area (Å²) in [5.74, 6) is -2.20. The fraction of sp³-hybridized carbons (Fsp3) is 0.438. The maximum Gasteiger partial charge on any atom is 0.306 e. The Bertz CT molecular complexity index is 502.